The lowest BCUT2D eigenvalue weighted by Crippen LogP contribution is -2.26. The number of benzene rings is 2. The summed E-state index contributed by atoms with van der Waals surface area (Å²) in [7, 11) is 2.91. The van der Waals surface area contributed by atoms with Gasteiger partial charge >= 0.3 is 5.97 Å². The lowest BCUT2D eigenvalue weighted by Gasteiger charge is -2.06. The van der Waals surface area contributed by atoms with Crippen molar-refractivity contribution < 1.29 is 23.9 Å². The van der Waals surface area contributed by atoms with Gasteiger partial charge in [0.1, 0.15) is 5.75 Å². The zero-order valence-corrected chi connectivity index (χ0v) is 14.6. The summed E-state index contributed by atoms with van der Waals surface area (Å²) in [5.74, 6) is 0.0410. The van der Waals surface area contributed by atoms with Crippen molar-refractivity contribution in [3.63, 3.8) is 0 Å². The van der Waals surface area contributed by atoms with E-state index in [0.29, 0.717) is 12.1 Å². The number of carbonyl (C=O) groups excluding carboxylic acids is 2. The van der Waals surface area contributed by atoms with Crippen molar-refractivity contribution in [3.8, 4) is 5.75 Å². The zero-order valence-electron chi connectivity index (χ0n) is 14.6. The van der Waals surface area contributed by atoms with E-state index >= 15 is 0 Å². The molecule has 1 N–H and O–H groups in total. The first-order valence-corrected chi connectivity index (χ1v) is 7.85. The summed E-state index contributed by atoms with van der Waals surface area (Å²) < 4.78 is 9.75. The molecule has 7 nitrogen and oxygen atoms in total. The van der Waals surface area contributed by atoms with E-state index in [1.54, 1.807) is 31.4 Å². The van der Waals surface area contributed by atoms with Gasteiger partial charge in [0.05, 0.1) is 26.0 Å². The number of amides is 1. The Labute approximate surface area is 151 Å². The molecule has 1 amide bonds. The molecule has 0 radical (unpaired) electrons. The van der Waals surface area contributed by atoms with Crippen LogP contribution in [0, 0.1) is 0 Å². The van der Waals surface area contributed by atoms with E-state index in [-0.39, 0.29) is 12.5 Å². The first-order valence-electron chi connectivity index (χ1n) is 7.85. The molecule has 0 saturated heterocycles. The van der Waals surface area contributed by atoms with Gasteiger partial charge < -0.3 is 19.6 Å². The van der Waals surface area contributed by atoms with Crippen molar-refractivity contribution in [1.82, 2.24) is 5.32 Å². The van der Waals surface area contributed by atoms with E-state index in [9.17, 15) is 9.59 Å². The second-order valence-corrected chi connectivity index (χ2v) is 5.25. The lowest BCUT2D eigenvalue weighted by atomic mass is 10.1. The minimum Gasteiger partial charge on any atom is -0.497 e. The fraction of sp³-hybridized carbons (Fsp3) is 0.211. The van der Waals surface area contributed by atoms with E-state index < -0.39 is 5.97 Å². The highest BCUT2D eigenvalue weighted by molar-refractivity contribution is 5.90. The molecular weight excluding hydrogens is 336 g/mol. The number of rotatable bonds is 8. The van der Waals surface area contributed by atoms with Crippen LogP contribution in [0.15, 0.2) is 53.7 Å². The molecule has 0 fully saturated rings. The maximum Gasteiger partial charge on any atom is 0.337 e. The average molecular weight is 356 g/mol. The number of hydrogen-bond acceptors (Lipinski definition) is 6. The summed E-state index contributed by atoms with van der Waals surface area (Å²) in [5.41, 5.74) is 2.10. The van der Waals surface area contributed by atoms with E-state index in [0.717, 1.165) is 16.9 Å². The molecule has 0 aromatic heterocycles. The molecule has 2 aromatic carbocycles. The van der Waals surface area contributed by atoms with Crippen molar-refractivity contribution in [2.75, 3.05) is 20.8 Å². The van der Waals surface area contributed by atoms with Crippen LogP contribution in [0.4, 0.5) is 0 Å². The molecule has 0 atom stereocenters. The first-order chi connectivity index (χ1) is 12.6. The molecule has 0 bridgehead atoms. The minimum atomic E-state index is -0.405. The lowest BCUT2D eigenvalue weighted by molar-refractivity contribution is -0.125. The molecule has 2 rings (SSSR count). The number of hydrogen-bond donors (Lipinski definition) is 1. The van der Waals surface area contributed by atoms with E-state index in [2.05, 4.69) is 15.2 Å². The van der Waals surface area contributed by atoms with Crippen molar-refractivity contribution in [2.45, 2.75) is 6.54 Å². The van der Waals surface area contributed by atoms with Crippen LogP contribution < -0.4 is 10.1 Å². The largest absolute Gasteiger partial charge is 0.497 e. The quantitative estimate of drug-likeness (QED) is 0.445. The number of methoxy groups -OCH3 is 2. The van der Waals surface area contributed by atoms with Crippen LogP contribution in [-0.2, 0) is 20.9 Å². The van der Waals surface area contributed by atoms with E-state index in [1.807, 2.05) is 24.3 Å². The van der Waals surface area contributed by atoms with Crippen molar-refractivity contribution in [1.29, 1.82) is 0 Å². The van der Waals surface area contributed by atoms with Gasteiger partial charge in [0.15, 0.2) is 6.61 Å². The maximum atomic E-state index is 11.7. The molecule has 0 saturated carbocycles. The predicted molar refractivity (Wildman–Crippen MR) is 96.2 cm³/mol. The van der Waals surface area contributed by atoms with Gasteiger partial charge in [-0.1, -0.05) is 29.4 Å². The molecule has 0 aliphatic carbocycles. The summed E-state index contributed by atoms with van der Waals surface area (Å²) in [6.07, 6.45) is 1.45. The molecular formula is C19H20N2O5. The van der Waals surface area contributed by atoms with Gasteiger partial charge in [-0.3, -0.25) is 4.79 Å². The van der Waals surface area contributed by atoms with Crippen molar-refractivity contribution >= 4 is 18.1 Å². The predicted octanol–water partition coefficient (Wildman–Crippen LogP) is 2.15. The number of carbonyl (C=O) groups is 2. The highest BCUT2D eigenvalue weighted by Crippen LogP contribution is 2.12. The Morgan fingerprint density at radius 1 is 1.12 bits per heavy atom. The molecule has 136 valence electrons. The van der Waals surface area contributed by atoms with Crippen molar-refractivity contribution in [2.24, 2.45) is 5.16 Å². The first kappa shape index (κ1) is 19.0. The Morgan fingerprint density at radius 2 is 1.88 bits per heavy atom. The van der Waals surface area contributed by atoms with E-state index in [4.69, 9.17) is 9.57 Å². The summed E-state index contributed by atoms with van der Waals surface area (Å²) >= 11 is 0. The fourth-order valence-corrected chi connectivity index (χ4v) is 2.05. The smallest absolute Gasteiger partial charge is 0.337 e. The van der Waals surface area contributed by atoms with Gasteiger partial charge in [-0.2, -0.15) is 0 Å². The molecule has 0 aliphatic rings. The second kappa shape index (κ2) is 9.83. The van der Waals surface area contributed by atoms with Gasteiger partial charge in [0.25, 0.3) is 5.91 Å². The minimum absolute atomic E-state index is 0.194. The zero-order chi connectivity index (χ0) is 18.8. The standard InChI is InChI=1S/C19H20N2O5/c1-24-17-5-3-4-15(10-17)11-20-18(22)13-26-21-12-14-6-8-16(9-7-14)19(23)25-2/h3-10,12H,11,13H2,1-2H3,(H,20,22)/b21-12+. The highest BCUT2D eigenvalue weighted by atomic mass is 16.6. The van der Waals surface area contributed by atoms with E-state index in [1.165, 1.54) is 13.3 Å². The Balaban J connectivity index is 1.73. The molecule has 0 spiro atoms. The Hall–Kier alpha value is -3.35. The number of oxime groups is 1. The third kappa shape index (κ3) is 5.94. The summed E-state index contributed by atoms with van der Waals surface area (Å²) in [6.45, 7) is 0.179. The fourth-order valence-electron chi connectivity index (χ4n) is 2.05. The van der Waals surface area contributed by atoms with Gasteiger partial charge in [-0.25, -0.2) is 4.79 Å². The molecule has 0 aliphatic heterocycles. The normalized spacial score (nSPS) is 10.4. The summed E-state index contributed by atoms with van der Waals surface area (Å²) in [5, 5.41) is 6.47. The van der Waals surface area contributed by atoms with Gasteiger partial charge in [-0.15, -0.1) is 0 Å². The molecule has 7 heteroatoms. The summed E-state index contributed by atoms with van der Waals surface area (Å²) in [4.78, 5) is 28.0. The summed E-state index contributed by atoms with van der Waals surface area (Å²) in [6, 6.07) is 14.1. The van der Waals surface area contributed by atoms with Crippen LogP contribution in [0.1, 0.15) is 21.5 Å². The van der Waals surface area contributed by atoms with Crippen LogP contribution in [0.5, 0.6) is 5.75 Å². The Morgan fingerprint density at radius 3 is 2.58 bits per heavy atom. The van der Waals surface area contributed by atoms with Crippen LogP contribution in [0.25, 0.3) is 0 Å². The highest BCUT2D eigenvalue weighted by Gasteiger charge is 2.04. The average Bonchev–Trinajstić information content (AvgIpc) is 2.69. The molecule has 0 heterocycles. The number of nitrogens with zero attached hydrogens (tertiary/aromatic N) is 1. The van der Waals surface area contributed by atoms with Crippen LogP contribution in [0.2, 0.25) is 0 Å². The third-order valence-corrected chi connectivity index (χ3v) is 3.43. The second-order valence-electron chi connectivity index (χ2n) is 5.25. The molecule has 26 heavy (non-hydrogen) atoms. The number of nitrogens with one attached hydrogen (secondary N) is 1. The Kier molecular flexibility index (Phi) is 7.17. The van der Waals surface area contributed by atoms with Crippen LogP contribution in [-0.4, -0.2) is 38.9 Å². The van der Waals surface area contributed by atoms with Crippen LogP contribution >= 0.6 is 0 Å². The number of esters is 1. The SMILES string of the molecule is COC(=O)c1ccc(/C=N/OCC(=O)NCc2cccc(OC)c2)cc1. The monoisotopic (exact) mass is 356 g/mol. The topological polar surface area (TPSA) is 86.2 Å². The Bertz CT molecular complexity index is 772. The van der Waals surface area contributed by atoms with Gasteiger partial charge in [0, 0.05) is 6.54 Å². The van der Waals surface area contributed by atoms with Gasteiger partial charge in [0.2, 0.25) is 0 Å². The third-order valence-electron chi connectivity index (χ3n) is 3.43. The number of ether oxygens (including phenoxy) is 2. The molecule has 0 unspecified atom stereocenters. The van der Waals surface area contributed by atoms with Crippen LogP contribution in [0.3, 0.4) is 0 Å². The van der Waals surface area contributed by atoms with Gasteiger partial charge in [-0.05, 0) is 35.4 Å². The van der Waals surface area contributed by atoms with Crippen molar-refractivity contribution in [3.05, 3.63) is 65.2 Å². The maximum absolute atomic E-state index is 11.7. The molecule has 2 aromatic rings.